The zero-order valence-corrected chi connectivity index (χ0v) is 14.9. The van der Waals surface area contributed by atoms with Crippen molar-refractivity contribution in [1.82, 2.24) is 9.97 Å². The van der Waals surface area contributed by atoms with Crippen molar-refractivity contribution in [2.24, 2.45) is 0 Å². The number of halogens is 4. The molecule has 4 rings (SSSR count). The minimum absolute atomic E-state index is 0.0551. The third-order valence-corrected chi connectivity index (χ3v) is 4.65. The molecule has 0 radical (unpaired) electrons. The third kappa shape index (κ3) is 2.99. The molecule has 3 nitrogen and oxygen atoms in total. The maximum absolute atomic E-state index is 14.1. The minimum Gasteiger partial charge on any atom is -0.256 e. The van der Waals surface area contributed by atoms with E-state index in [9.17, 15) is 13.2 Å². The van der Waals surface area contributed by atoms with Crippen LogP contribution in [0.25, 0.3) is 22.4 Å². The number of benzene rings is 2. The van der Waals surface area contributed by atoms with Crippen LogP contribution in [0.2, 0.25) is 0 Å². The van der Waals surface area contributed by atoms with Gasteiger partial charge in [0.1, 0.15) is 11.4 Å². The quantitative estimate of drug-likeness (QED) is 0.476. The molecule has 7 heteroatoms. The molecule has 0 bridgehead atoms. The van der Waals surface area contributed by atoms with Gasteiger partial charge in [-0.1, -0.05) is 28.1 Å². The molecule has 0 atom stereocenters. The Bertz CT molecular complexity index is 1110. The molecule has 26 heavy (non-hydrogen) atoms. The molecular formula is C19H12BrF3N3+. The van der Waals surface area contributed by atoms with Crippen molar-refractivity contribution in [3.05, 3.63) is 81.8 Å². The molecule has 0 saturated carbocycles. The average Bonchev–Trinajstić information content (AvgIpc) is 3.05. The second-order valence-corrected chi connectivity index (χ2v) is 6.74. The summed E-state index contributed by atoms with van der Waals surface area (Å²) in [6.45, 7) is 0. The highest BCUT2D eigenvalue weighted by atomic mass is 79.9. The highest BCUT2D eigenvalue weighted by molar-refractivity contribution is 9.10. The molecule has 2 N–H and O–H groups in total. The van der Waals surface area contributed by atoms with Crippen LogP contribution in [0.15, 0.2) is 53.1 Å². The summed E-state index contributed by atoms with van der Waals surface area (Å²) in [4.78, 5) is 10.2. The first kappa shape index (κ1) is 16.8. The third-order valence-electron chi connectivity index (χ3n) is 4.12. The molecule has 0 spiro atoms. The fourth-order valence-electron chi connectivity index (χ4n) is 2.85. The number of pyridine rings is 1. The van der Waals surface area contributed by atoms with E-state index in [4.69, 9.17) is 0 Å². The first-order valence-electron chi connectivity index (χ1n) is 7.80. The van der Waals surface area contributed by atoms with Crippen molar-refractivity contribution < 1.29 is 18.2 Å². The van der Waals surface area contributed by atoms with Crippen LogP contribution in [-0.4, -0.2) is 9.97 Å². The van der Waals surface area contributed by atoms with Crippen LogP contribution in [0, 0.1) is 17.5 Å². The van der Waals surface area contributed by atoms with Crippen molar-refractivity contribution in [1.29, 1.82) is 0 Å². The van der Waals surface area contributed by atoms with Gasteiger partial charge in [-0.3, -0.25) is 4.98 Å². The first-order chi connectivity index (χ1) is 12.5. The monoisotopic (exact) mass is 418 g/mol. The molecule has 130 valence electrons. The van der Waals surface area contributed by atoms with Crippen molar-refractivity contribution in [2.75, 3.05) is 0 Å². The zero-order valence-electron chi connectivity index (χ0n) is 13.3. The van der Waals surface area contributed by atoms with Crippen molar-refractivity contribution in [2.45, 2.75) is 6.42 Å². The van der Waals surface area contributed by atoms with Crippen LogP contribution in [-0.2, 0) is 6.42 Å². The lowest BCUT2D eigenvalue weighted by molar-refractivity contribution is -0.331. The van der Waals surface area contributed by atoms with E-state index in [1.165, 1.54) is 0 Å². The van der Waals surface area contributed by atoms with Crippen LogP contribution in [0.4, 0.5) is 13.2 Å². The molecule has 0 unspecified atom stereocenters. The molecular weight excluding hydrogens is 407 g/mol. The highest BCUT2D eigenvalue weighted by Gasteiger charge is 2.24. The largest absolute Gasteiger partial charge is 0.291 e. The van der Waals surface area contributed by atoms with Crippen LogP contribution in [0.3, 0.4) is 0 Å². The Kier molecular flexibility index (Phi) is 4.24. The molecule has 2 aromatic heterocycles. The number of H-pyrrole nitrogens is 2. The summed E-state index contributed by atoms with van der Waals surface area (Å²) in [6.07, 6.45) is 2.15. The van der Waals surface area contributed by atoms with Crippen molar-refractivity contribution >= 4 is 27.0 Å². The van der Waals surface area contributed by atoms with Gasteiger partial charge in [-0.15, -0.1) is 0 Å². The lowest BCUT2D eigenvalue weighted by atomic mass is 10.1. The highest BCUT2D eigenvalue weighted by Crippen LogP contribution is 2.26. The number of nitrogens with zero attached hydrogens (tertiary/aromatic N) is 1. The predicted molar refractivity (Wildman–Crippen MR) is 94.9 cm³/mol. The maximum atomic E-state index is 14.1. The summed E-state index contributed by atoms with van der Waals surface area (Å²) in [5, 5.41) is 0. The van der Waals surface area contributed by atoms with E-state index in [2.05, 4.69) is 30.9 Å². The lowest BCUT2D eigenvalue weighted by Crippen LogP contribution is -2.09. The number of nitrogens with one attached hydrogen (secondary N) is 2. The Morgan fingerprint density at radius 2 is 1.69 bits per heavy atom. The number of imidazole rings is 1. The Labute approximate surface area is 155 Å². The topological polar surface area (TPSA) is 42.8 Å². The SMILES string of the molecule is Fc1ccc(F)c(-c2[nH]c3ccnc(Cc4ccc(Br)cc4)c3[nH+]2)c1F. The van der Waals surface area contributed by atoms with E-state index >= 15 is 0 Å². The van der Waals surface area contributed by atoms with Gasteiger partial charge in [-0.05, 0) is 29.8 Å². The van der Waals surface area contributed by atoms with Gasteiger partial charge in [0, 0.05) is 23.2 Å². The summed E-state index contributed by atoms with van der Waals surface area (Å²) in [5.41, 5.74) is 2.53. The van der Waals surface area contributed by atoms with E-state index in [-0.39, 0.29) is 5.82 Å². The summed E-state index contributed by atoms with van der Waals surface area (Å²) in [6, 6.07) is 11.1. The van der Waals surface area contributed by atoms with Gasteiger partial charge in [-0.2, -0.15) is 0 Å². The molecule has 0 aliphatic heterocycles. The van der Waals surface area contributed by atoms with Gasteiger partial charge in [0.15, 0.2) is 22.7 Å². The number of rotatable bonds is 3. The summed E-state index contributed by atoms with van der Waals surface area (Å²) >= 11 is 3.39. The fourth-order valence-corrected chi connectivity index (χ4v) is 3.11. The van der Waals surface area contributed by atoms with Gasteiger partial charge in [0.2, 0.25) is 0 Å². The summed E-state index contributed by atoms with van der Waals surface area (Å²) in [7, 11) is 0. The molecule has 0 amide bonds. The summed E-state index contributed by atoms with van der Waals surface area (Å²) < 4.78 is 42.6. The average molecular weight is 419 g/mol. The molecule has 0 saturated heterocycles. The van der Waals surface area contributed by atoms with E-state index in [0.29, 0.717) is 23.1 Å². The standard InChI is InChI=1S/C19H11BrF3N3/c20-11-3-1-10(2-4-11)9-15-18-14(7-8-24-15)25-19(26-18)16-12(21)5-6-13(22)17(16)23/h1-8H,9H2,(H,25,26)/p+1. The molecule has 0 aliphatic rings. The summed E-state index contributed by atoms with van der Waals surface area (Å²) in [5.74, 6) is -3.15. The Hall–Kier alpha value is -2.67. The van der Waals surface area contributed by atoms with Gasteiger partial charge < -0.3 is 0 Å². The second-order valence-electron chi connectivity index (χ2n) is 5.83. The Balaban J connectivity index is 1.81. The normalized spacial score (nSPS) is 11.2. The Morgan fingerprint density at radius 3 is 2.46 bits per heavy atom. The Morgan fingerprint density at radius 1 is 0.962 bits per heavy atom. The number of aromatic amines is 2. The van der Waals surface area contributed by atoms with E-state index < -0.39 is 23.0 Å². The van der Waals surface area contributed by atoms with Crippen LogP contribution >= 0.6 is 15.9 Å². The second kappa shape index (κ2) is 6.57. The molecule has 0 fully saturated rings. The molecule has 0 aliphatic carbocycles. The van der Waals surface area contributed by atoms with Gasteiger partial charge in [0.25, 0.3) is 5.82 Å². The van der Waals surface area contributed by atoms with Crippen LogP contribution in [0.5, 0.6) is 0 Å². The van der Waals surface area contributed by atoms with Gasteiger partial charge >= 0.3 is 0 Å². The molecule has 4 aromatic rings. The maximum Gasteiger partial charge on any atom is 0.291 e. The van der Waals surface area contributed by atoms with E-state index in [1.54, 1.807) is 12.3 Å². The molecule has 2 heterocycles. The number of hydrogen-bond acceptors (Lipinski definition) is 1. The number of fused-ring (bicyclic) bond motifs is 1. The van der Waals surface area contributed by atoms with Gasteiger partial charge in [0.05, 0.1) is 5.69 Å². The van der Waals surface area contributed by atoms with Crippen LogP contribution in [0.1, 0.15) is 11.3 Å². The van der Waals surface area contributed by atoms with E-state index in [1.807, 2.05) is 24.3 Å². The molecule has 2 aromatic carbocycles. The number of hydrogen-bond donors (Lipinski definition) is 1. The van der Waals surface area contributed by atoms with Crippen LogP contribution < -0.4 is 4.98 Å². The fraction of sp³-hybridized carbons (Fsp3) is 0.0526. The van der Waals surface area contributed by atoms with Crippen molar-refractivity contribution in [3.8, 4) is 11.4 Å². The smallest absolute Gasteiger partial charge is 0.256 e. The first-order valence-corrected chi connectivity index (χ1v) is 8.59. The number of aromatic nitrogens is 3. The minimum atomic E-state index is -1.24. The van der Waals surface area contributed by atoms with Gasteiger partial charge in [-0.25, -0.2) is 23.1 Å². The van der Waals surface area contributed by atoms with E-state index in [0.717, 1.165) is 22.2 Å². The lowest BCUT2D eigenvalue weighted by Gasteiger charge is -2.01. The zero-order chi connectivity index (χ0) is 18.3. The van der Waals surface area contributed by atoms with Crippen molar-refractivity contribution in [3.63, 3.8) is 0 Å². The predicted octanol–water partition coefficient (Wildman–Crippen LogP) is 4.81.